The van der Waals surface area contributed by atoms with Crippen molar-refractivity contribution in [3.05, 3.63) is 0 Å². The molecule has 0 amide bonds. The minimum atomic E-state index is -0.121. The molecule has 1 N–H and O–H groups in total. The van der Waals surface area contributed by atoms with E-state index in [1.165, 1.54) is 12.8 Å². The lowest BCUT2D eigenvalue weighted by molar-refractivity contribution is -0.150. The van der Waals surface area contributed by atoms with Crippen LogP contribution < -0.4 is 5.32 Å². The number of esters is 1. The highest BCUT2D eigenvalue weighted by molar-refractivity contribution is 5.85. The van der Waals surface area contributed by atoms with Gasteiger partial charge in [0.2, 0.25) is 0 Å². The molecule has 4 heteroatoms. The number of hydrogen-bond acceptors (Lipinski definition) is 4. The first-order chi connectivity index (χ1) is 9.11. The number of nitrogens with one attached hydrogen (secondary N) is 1. The van der Waals surface area contributed by atoms with E-state index < -0.39 is 0 Å². The van der Waals surface area contributed by atoms with E-state index in [9.17, 15) is 9.59 Å². The van der Waals surface area contributed by atoms with Gasteiger partial charge in [-0.15, -0.1) is 0 Å². The molecule has 4 nitrogen and oxygen atoms in total. The standard InChI is InChI=1S/C15H25NO3/c1-3-19-15(18)11-7-8-14(17)12(9-11)13-6-4-5-10(2)16-13/h10-13,16H,3-9H2,1-2H3. The molecule has 1 aliphatic carbocycles. The number of carbonyl (C=O) groups excluding carboxylic acids is 2. The minimum Gasteiger partial charge on any atom is -0.466 e. The summed E-state index contributed by atoms with van der Waals surface area (Å²) < 4.78 is 5.10. The van der Waals surface area contributed by atoms with Crippen molar-refractivity contribution in [2.75, 3.05) is 6.61 Å². The second kappa shape index (κ2) is 6.51. The Kier molecular flexibility index (Phi) is 4.97. The number of rotatable bonds is 3. The molecule has 1 saturated heterocycles. The van der Waals surface area contributed by atoms with Gasteiger partial charge in [0.15, 0.2) is 0 Å². The lowest BCUT2D eigenvalue weighted by atomic mass is 9.74. The highest BCUT2D eigenvalue weighted by atomic mass is 16.5. The largest absolute Gasteiger partial charge is 0.466 e. The Morgan fingerprint density at radius 1 is 1.37 bits per heavy atom. The maximum atomic E-state index is 12.1. The molecule has 2 aliphatic rings. The first-order valence-electron chi connectivity index (χ1n) is 7.57. The first kappa shape index (κ1) is 14.5. The smallest absolute Gasteiger partial charge is 0.308 e. The average Bonchev–Trinajstić information content (AvgIpc) is 2.39. The van der Waals surface area contributed by atoms with Crippen molar-refractivity contribution in [2.45, 2.75) is 64.5 Å². The van der Waals surface area contributed by atoms with Gasteiger partial charge in [0.1, 0.15) is 5.78 Å². The predicted octanol–water partition coefficient (Wildman–Crippen LogP) is 2.07. The summed E-state index contributed by atoms with van der Waals surface area (Å²) in [5, 5.41) is 3.53. The van der Waals surface area contributed by atoms with Crippen LogP contribution in [0.4, 0.5) is 0 Å². The Hall–Kier alpha value is -0.900. The molecular weight excluding hydrogens is 242 g/mol. The molecule has 0 aromatic rings. The maximum absolute atomic E-state index is 12.1. The minimum absolute atomic E-state index is 0.00547. The van der Waals surface area contributed by atoms with Gasteiger partial charge in [0, 0.05) is 24.4 Å². The fraction of sp³-hybridized carbons (Fsp3) is 0.867. The van der Waals surface area contributed by atoms with E-state index in [1.54, 1.807) is 0 Å². The normalized spacial score (nSPS) is 36.0. The molecule has 1 saturated carbocycles. The zero-order chi connectivity index (χ0) is 13.8. The fourth-order valence-electron chi connectivity index (χ4n) is 3.41. The molecular formula is C15H25NO3. The lowest BCUT2D eigenvalue weighted by Crippen LogP contribution is -2.49. The molecule has 19 heavy (non-hydrogen) atoms. The van der Waals surface area contributed by atoms with Crippen molar-refractivity contribution in [3.63, 3.8) is 0 Å². The van der Waals surface area contributed by atoms with Crippen LogP contribution in [0.2, 0.25) is 0 Å². The van der Waals surface area contributed by atoms with Crippen LogP contribution in [0.3, 0.4) is 0 Å². The van der Waals surface area contributed by atoms with E-state index in [-0.39, 0.29) is 23.8 Å². The van der Waals surface area contributed by atoms with E-state index in [0.717, 1.165) is 6.42 Å². The number of Topliss-reactive ketones (excluding diaryl/α,β-unsaturated/α-hetero) is 1. The third kappa shape index (κ3) is 3.56. The number of ether oxygens (including phenoxy) is 1. The van der Waals surface area contributed by atoms with Gasteiger partial charge in [-0.1, -0.05) is 6.42 Å². The topological polar surface area (TPSA) is 55.4 Å². The molecule has 0 radical (unpaired) electrons. The molecule has 0 spiro atoms. The van der Waals surface area contributed by atoms with Crippen LogP contribution in [0.25, 0.3) is 0 Å². The molecule has 4 unspecified atom stereocenters. The van der Waals surface area contributed by atoms with Crippen molar-refractivity contribution in [2.24, 2.45) is 11.8 Å². The number of piperidine rings is 1. The second-order valence-corrected chi connectivity index (χ2v) is 5.90. The molecule has 1 aliphatic heterocycles. The van der Waals surface area contributed by atoms with Crippen LogP contribution in [0.5, 0.6) is 0 Å². The fourth-order valence-corrected chi connectivity index (χ4v) is 3.41. The summed E-state index contributed by atoms with van der Waals surface area (Å²) in [6.07, 6.45) is 5.26. The molecule has 0 bridgehead atoms. The van der Waals surface area contributed by atoms with Gasteiger partial charge in [-0.25, -0.2) is 0 Å². The summed E-state index contributed by atoms with van der Waals surface area (Å²) in [6, 6.07) is 0.739. The van der Waals surface area contributed by atoms with Crippen molar-refractivity contribution in [1.29, 1.82) is 0 Å². The SMILES string of the molecule is CCOC(=O)C1CCC(=O)C(C2CCCC(C)N2)C1. The molecule has 1 heterocycles. The number of ketones is 1. The summed E-state index contributed by atoms with van der Waals surface area (Å²) >= 11 is 0. The number of carbonyl (C=O) groups is 2. The summed E-state index contributed by atoms with van der Waals surface area (Å²) in [4.78, 5) is 24.0. The van der Waals surface area contributed by atoms with Crippen LogP contribution in [0, 0.1) is 11.8 Å². The maximum Gasteiger partial charge on any atom is 0.308 e. The van der Waals surface area contributed by atoms with Gasteiger partial charge in [-0.05, 0) is 39.5 Å². The van der Waals surface area contributed by atoms with Crippen LogP contribution in [0.15, 0.2) is 0 Å². The summed E-state index contributed by atoms with van der Waals surface area (Å²) in [6.45, 7) is 4.42. The Morgan fingerprint density at radius 3 is 2.84 bits per heavy atom. The van der Waals surface area contributed by atoms with Crippen LogP contribution in [0.1, 0.15) is 52.4 Å². The van der Waals surface area contributed by atoms with Crippen LogP contribution in [-0.2, 0) is 14.3 Å². The Labute approximate surface area is 115 Å². The average molecular weight is 267 g/mol. The molecule has 2 fully saturated rings. The first-order valence-corrected chi connectivity index (χ1v) is 7.57. The summed E-state index contributed by atoms with van der Waals surface area (Å²) in [5.74, 6) is 0.128. The number of hydrogen-bond donors (Lipinski definition) is 1. The highest BCUT2D eigenvalue weighted by Crippen LogP contribution is 2.32. The highest BCUT2D eigenvalue weighted by Gasteiger charge is 2.38. The third-order valence-electron chi connectivity index (χ3n) is 4.45. The van der Waals surface area contributed by atoms with Gasteiger partial charge >= 0.3 is 5.97 Å². The quantitative estimate of drug-likeness (QED) is 0.795. The van der Waals surface area contributed by atoms with E-state index in [2.05, 4.69) is 12.2 Å². The monoisotopic (exact) mass is 267 g/mol. The van der Waals surface area contributed by atoms with Gasteiger partial charge in [0.05, 0.1) is 12.5 Å². The van der Waals surface area contributed by atoms with Gasteiger partial charge in [0.25, 0.3) is 0 Å². The second-order valence-electron chi connectivity index (χ2n) is 5.90. The van der Waals surface area contributed by atoms with Gasteiger partial charge in [-0.3, -0.25) is 9.59 Å². The molecule has 0 aromatic heterocycles. The van der Waals surface area contributed by atoms with Crippen LogP contribution >= 0.6 is 0 Å². The molecule has 0 aromatic carbocycles. The van der Waals surface area contributed by atoms with E-state index >= 15 is 0 Å². The third-order valence-corrected chi connectivity index (χ3v) is 4.45. The summed E-state index contributed by atoms with van der Waals surface area (Å²) in [7, 11) is 0. The van der Waals surface area contributed by atoms with Gasteiger partial charge in [-0.2, -0.15) is 0 Å². The zero-order valence-corrected chi connectivity index (χ0v) is 12.0. The van der Waals surface area contributed by atoms with E-state index in [1.807, 2.05) is 6.92 Å². The Morgan fingerprint density at radius 2 is 2.16 bits per heavy atom. The van der Waals surface area contributed by atoms with Crippen molar-refractivity contribution < 1.29 is 14.3 Å². The van der Waals surface area contributed by atoms with E-state index in [0.29, 0.717) is 37.7 Å². The molecule has 4 atom stereocenters. The molecule has 2 rings (SSSR count). The van der Waals surface area contributed by atoms with Crippen LogP contribution in [-0.4, -0.2) is 30.4 Å². The molecule has 108 valence electrons. The van der Waals surface area contributed by atoms with Crippen molar-refractivity contribution in [1.82, 2.24) is 5.32 Å². The van der Waals surface area contributed by atoms with Crippen molar-refractivity contribution >= 4 is 11.8 Å². The summed E-state index contributed by atoms with van der Waals surface area (Å²) in [5.41, 5.74) is 0. The Balaban J connectivity index is 1.98. The zero-order valence-electron chi connectivity index (χ0n) is 12.0. The van der Waals surface area contributed by atoms with Gasteiger partial charge < -0.3 is 10.1 Å². The van der Waals surface area contributed by atoms with E-state index in [4.69, 9.17) is 4.74 Å². The lowest BCUT2D eigenvalue weighted by Gasteiger charge is -2.37. The predicted molar refractivity (Wildman–Crippen MR) is 72.7 cm³/mol. The van der Waals surface area contributed by atoms with Crippen molar-refractivity contribution in [3.8, 4) is 0 Å². The Bertz CT molecular complexity index is 342.